The number of hydrogen-bond acceptors (Lipinski definition) is 1. The van der Waals surface area contributed by atoms with Gasteiger partial charge in [-0.15, -0.1) is 0 Å². The highest BCUT2D eigenvalue weighted by atomic mass is 19.2. The monoisotopic (exact) mass is 382 g/mol. The number of benzene rings is 3. The van der Waals surface area contributed by atoms with Gasteiger partial charge >= 0.3 is 0 Å². The number of halogens is 3. The van der Waals surface area contributed by atoms with Crippen LogP contribution >= 0.6 is 0 Å². The lowest BCUT2D eigenvalue weighted by Gasteiger charge is -2.07. The predicted molar refractivity (Wildman–Crippen MR) is 108 cm³/mol. The van der Waals surface area contributed by atoms with E-state index >= 15 is 0 Å². The third-order valence-electron chi connectivity index (χ3n) is 4.50. The first-order valence-electron chi connectivity index (χ1n) is 9.21. The first kappa shape index (κ1) is 19.7. The summed E-state index contributed by atoms with van der Waals surface area (Å²) in [6.07, 6.45) is 3.70. The maximum absolute atomic E-state index is 14.1. The summed E-state index contributed by atoms with van der Waals surface area (Å²) in [6, 6.07) is 15.4. The number of aryl methyl sites for hydroxylation is 1. The van der Waals surface area contributed by atoms with E-state index in [4.69, 9.17) is 4.74 Å². The van der Waals surface area contributed by atoms with Crippen molar-refractivity contribution in [2.75, 3.05) is 6.61 Å². The fraction of sp³-hybridized carbons (Fsp3) is 0.167. The fourth-order valence-electron chi connectivity index (χ4n) is 2.93. The van der Waals surface area contributed by atoms with E-state index in [1.807, 2.05) is 24.3 Å². The predicted octanol–water partition coefficient (Wildman–Crippen LogP) is 6.90. The Kier molecular flexibility index (Phi) is 6.19. The fourth-order valence-corrected chi connectivity index (χ4v) is 2.93. The van der Waals surface area contributed by atoms with Crippen LogP contribution in [-0.4, -0.2) is 6.61 Å². The van der Waals surface area contributed by atoms with Crippen molar-refractivity contribution in [3.05, 3.63) is 88.7 Å². The molecule has 3 aromatic carbocycles. The average molecular weight is 382 g/mol. The minimum absolute atomic E-state index is 0.201. The van der Waals surface area contributed by atoms with Crippen LogP contribution in [0.1, 0.15) is 30.5 Å². The summed E-state index contributed by atoms with van der Waals surface area (Å²) in [5.41, 5.74) is 2.98. The van der Waals surface area contributed by atoms with Crippen LogP contribution in [0.4, 0.5) is 13.2 Å². The Bertz CT molecular complexity index is 991. The van der Waals surface area contributed by atoms with Gasteiger partial charge in [-0.3, -0.25) is 0 Å². The molecule has 0 aliphatic carbocycles. The van der Waals surface area contributed by atoms with Gasteiger partial charge in [0.1, 0.15) is 0 Å². The molecule has 0 aliphatic rings. The Hall–Kier alpha value is -3.01. The minimum Gasteiger partial charge on any atom is -0.491 e. The highest BCUT2D eigenvalue weighted by molar-refractivity contribution is 5.72. The second-order valence-corrected chi connectivity index (χ2v) is 6.33. The Morgan fingerprint density at radius 3 is 2.14 bits per heavy atom. The van der Waals surface area contributed by atoms with Gasteiger partial charge < -0.3 is 4.74 Å². The standard InChI is InChI=1S/C24H21F3O/c1-3-17-11-12-19(24(27)23(17)26)10-7-16-5-8-18(9-6-16)20-13-14-22(28-4-2)21(25)15-20/h5-15H,3-4H2,1-2H3/b10-7+. The van der Waals surface area contributed by atoms with E-state index in [1.165, 1.54) is 6.07 Å². The Labute approximate surface area is 163 Å². The van der Waals surface area contributed by atoms with Crippen LogP contribution in [0.2, 0.25) is 0 Å². The topological polar surface area (TPSA) is 9.23 Å². The number of hydrogen-bond donors (Lipinski definition) is 0. The van der Waals surface area contributed by atoms with Crippen molar-refractivity contribution in [2.24, 2.45) is 0 Å². The maximum Gasteiger partial charge on any atom is 0.166 e. The number of rotatable bonds is 6. The molecule has 0 N–H and O–H groups in total. The van der Waals surface area contributed by atoms with Crippen LogP contribution in [0, 0.1) is 17.5 Å². The smallest absolute Gasteiger partial charge is 0.166 e. The second-order valence-electron chi connectivity index (χ2n) is 6.33. The molecule has 0 aliphatic heterocycles. The van der Waals surface area contributed by atoms with E-state index in [-0.39, 0.29) is 11.3 Å². The molecule has 3 rings (SSSR count). The van der Waals surface area contributed by atoms with E-state index in [0.29, 0.717) is 18.6 Å². The van der Waals surface area contributed by atoms with Crippen molar-refractivity contribution in [3.63, 3.8) is 0 Å². The van der Waals surface area contributed by atoms with Gasteiger partial charge in [0.05, 0.1) is 6.61 Å². The van der Waals surface area contributed by atoms with Crippen molar-refractivity contribution < 1.29 is 17.9 Å². The zero-order valence-electron chi connectivity index (χ0n) is 15.8. The molecule has 0 radical (unpaired) electrons. The zero-order valence-corrected chi connectivity index (χ0v) is 15.8. The molecule has 0 amide bonds. The van der Waals surface area contributed by atoms with Crippen molar-refractivity contribution in [3.8, 4) is 16.9 Å². The summed E-state index contributed by atoms with van der Waals surface area (Å²) in [6.45, 7) is 3.99. The molecule has 3 aromatic rings. The highest BCUT2D eigenvalue weighted by Crippen LogP contribution is 2.26. The van der Waals surface area contributed by atoms with Crippen molar-refractivity contribution in [2.45, 2.75) is 20.3 Å². The summed E-state index contributed by atoms with van der Waals surface area (Å²) in [5, 5.41) is 0. The SMILES string of the molecule is CCOc1ccc(-c2ccc(/C=C/c3ccc(CC)c(F)c3F)cc2)cc1F. The quantitative estimate of drug-likeness (QED) is 0.421. The molecule has 0 heterocycles. The molecule has 0 bridgehead atoms. The lowest BCUT2D eigenvalue weighted by molar-refractivity contribution is 0.321. The molecule has 0 fully saturated rings. The lowest BCUT2D eigenvalue weighted by atomic mass is 10.0. The van der Waals surface area contributed by atoms with Crippen LogP contribution in [-0.2, 0) is 6.42 Å². The summed E-state index contributed by atoms with van der Waals surface area (Å²) in [4.78, 5) is 0. The van der Waals surface area contributed by atoms with Gasteiger partial charge in [0, 0.05) is 5.56 Å². The molecule has 0 aromatic heterocycles. The molecule has 28 heavy (non-hydrogen) atoms. The van der Waals surface area contributed by atoms with Gasteiger partial charge in [0.2, 0.25) is 0 Å². The summed E-state index contributed by atoms with van der Waals surface area (Å²) in [5.74, 6) is -1.81. The van der Waals surface area contributed by atoms with E-state index in [2.05, 4.69) is 0 Å². The molecule has 0 atom stereocenters. The molecule has 144 valence electrons. The first-order valence-corrected chi connectivity index (χ1v) is 9.21. The van der Waals surface area contributed by atoms with Crippen molar-refractivity contribution in [1.29, 1.82) is 0 Å². The van der Waals surface area contributed by atoms with E-state index in [0.717, 1.165) is 16.7 Å². The molecule has 0 saturated heterocycles. The Morgan fingerprint density at radius 1 is 0.786 bits per heavy atom. The highest BCUT2D eigenvalue weighted by Gasteiger charge is 2.10. The first-order chi connectivity index (χ1) is 13.5. The molecule has 4 heteroatoms. The third-order valence-corrected chi connectivity index (χ3v) is 4.50. The van der Waals surface area contributed by atoms with Gasteiger partial charge in [-0.05, 0) is 47.7 Å². The van der Waals surface area contributed by atoms with E-state index in [9.17, 15) is 13.2 Å². The van der Waals surface area contributed by atoms with Crippen LogP contribution in [0.15, 0.2) is 54.6 Å². The summed E-state index contributed by atoms with van der Waals surface area (Å²) >= 11 is 0. The van der Waals surface area contributed by atoms with Crippen LogP contribution in [0.3, 0.4) is 0 Å². The minimum atomic E-state index is -0.836. The molecular weight excluding hydrogens is 361 g/mol. The summed E-state index contributed by atoms with van der Waals surface area (Å²) in [7, 11) is 0. The van der Waals surface area contributed by atoms with Crippen molar-refractivity contribution in [1.82, 2.24) is 0 Å². The molecule has 1 nitrogen and oxygen atoms in total. The molecule has 0 saturated carbocycles. The Morgan fingerprint density at radius 2 is 1.50 bits per heavy atom. The van der Waals surface area contributed by atoms with Crippen LogP contribution < -0.4 is 4.74 Å². The van der Waals surface area contributed by atoms with Gasteiger partial charge in [-0.1, -0.05) is 61.5 Å². The van der Waals surface area contributed by atoms with Gasteiger partial charge in [-0.2, -0.15) is 0 Å². The van der Waals surface area contributed by atoms with Crippen molar-refractivity contribution >= 4 is 12.2 Å². The molecular formula is C24H21F3O. The Balaban J connectivity index is 1.79. The zero-order chi connectivity index (χ0) is 20.1. The number of ether oxygens (including phenoxy) is 1. The van der Waals surface area contributed by atoms with E-state index in [1.54, 1.807) is 50.3 Å². The van der Waals surface area contributed by atoms with Gasteiger partial charge in [0.25, 0.3) is 0 Å². The molecule has 0 spiro atoms. The maximum atomic E-state index is 14.1. The average Bonchev–Trinajstić information content (AvgIpc) is 2.71. The third kappa shape index (κ3) is 4.28. The summed E-state index contributed by atoms with van der Waals surface area (Å²) < 4.78 is 47.2. The van der Waals surface area contributed by atoms with E-state index < -0.39 is 17.5 Å². The van der Waals surface area contributed by atoms with Crippen LogP contribution in [0.25, 0.3) is 23.3 Å². The normalized spacial score (nSPS) is 11.2. The van der Waals surface area contributed by atoms with Gasteiger partial charge in [0.15, 0.2) is 23.2 Å². The van der Waals surface area contributed by atoms with Crippen LogP contribution in [0.5, 0.6) is 5.75 Å². The second kappa shape index (κ2) is 8.79. The largest absolute Gasteiger partial charge is 0.491 e. The lowest BCUT2D eigenvalue weighted by Crippen LogP contribution is -1.95. The van der Waals surface area contributed by atoms with Gasteiger partial charge in [-0.25, -0.2) is 13.2 Å². The molecule has 0 unspecified atom stereocenters.